The zero-order chi connectivity index (χ0) is 11.7. The van der Waals surface area contributed by atoms with Crippen LogP contribution in [0.4, 0.5) is 0 Å². The maximum Gasteiger partial charge on any atom is 0.167 e. The molecular weight excluding hydrogens is 266 g/mol. The summed E-state index contributed by atoms with van der Waals surface area (Å²) >= 11 is 3.37. The van der Waals surface area contributed by atoms with Crippen molar-refractivity contribution >= 4 is 15.9 Å². The van der Waals surface area contributed by atoms with E-state index in [1.807, 2.05) is 6.07 Å². The van der Waals surface area contributed by atoms with Crippen molar-refractivity contribution in [1.29, 1.82) is 0 Å². The predicted octanol–water partition coefficient (Wildman–Crippen LogP) is 4.16. The first-order valence-corrected chi connectivity index (χ1v) is 6.33. The largest absolute Gasteiger partial charge is 0.356 e. The quantitative estimate of drug-likeness (QED) is 0.772. The molecule has 2 rings (SSSR count). The monoisotopic (exact) mass is 279 g/mol. The van der Waals surface area contributed by atoms with E-state index in [0.29, 0.717) is 0 Å². The van der Waals surface area contributed by atoms with Gasteiger partial charge in [0.05, 0.1) is 5.69 Å². The molecule has 0 unspecified atom stereocenters. The van der Waals surface area contributed by atoms with E-state index in [1.165, 1.54) is 16.7 Å². The van der Waals surface area contributed by atoms with Gasteiger partial charge in [0.1, 0.15) is 0 Å². The zero-order valence-corrected chi connectivity index (χ0v) is 11.3. The second-order valence-corrected chi connectivity index (χ2v) is 4.65. The minimum atomic E-state index is 0.723. The molecule has 1 aromatic heterocycles. The molecular formula is C13H14BrNO. The van der Waals surface area contributed by atoms with E-state index in [4.69, 9.17) is 4.52 Å². The van der Waals surface area contributed by atoms with E-state index < -0.39 is 0 Å². The highest BCUT2D eigenvalue weighted by Crippen LogP contribution is 2.29. The van der Waals surface area contributed by atoms with Crippen molar-refractivity contribution in [2.75, 3.05) is 0 Å². The van der Waals surface area contributed by atoms with Crippen LogP contribution in [-0.4, -0.2) is 5.16 Å². The Kier molecular flexibility index (Phi) is 3.15. The number of aromatic nitrogens is 1. The number of benzene rings is 1. The molecule has 84 valence electrons. The molecule has 0 amide bonds. The number of rotatable bonds is 2. The smallest absolute Gasteiger partial charge is 0.167 e. The molecule has 0 spiro atoms. The van der Waals surface area contributed by atoms with Crippen molar-refractivity contribution in [2.45, 2.75) is 26.1 Å². The van der Waals surface area contributed by atoms with Gasteiger partial charge in [-0.25, -0.2) is 0 Å². The van der Waals surface area contributed by atoms with Gasteiger partial charge in [0.2, 0.25) is 0 Å². The van der Waals surface area contributed by atoms with Gasteiger partial charge in [-0.3, -0.25) is 0 Å². The van der Waals surface area contributed by atoms with E-state index in [-0.39, 0.29) is 0 Å². The number of aryl methyl sites for hydroxylation is 3. The molecule has 0 saturated carbocycles. The third-order valence-corrected chi connectivity index (χ3v) is 3.19. The zero-order valence-electron chi connectivity index (χ0n) is 9.67. The van der Waals surface area contributed by atoms with E-state index in [1.54, 1.807) is 0 Å². The summed E-state index contributed by atoms with van der Waals surface area (Å²) in [4.78, 5) is 0. The average Bonchev–Trinajstić information content (AvgIpc) is 2.64. The fraction of sp³-hybridized carbons (Fsp3) is 0.308. The molecule has 2 nitrogen and oxygen atoms in total. The minimum absolute atomic E-state index is 0.723. The van der Waals surface area contributed by atoms with Crippen molar-refractivity contribution in [3.63, 3.8) is 0 Å². The van der Waals surface area contributed by atoms with Crippen LogP contribution in [0.5, 0.6) is 0 Å². The van der Waals surface area contributed by atoms with Crippen LogP contribution in [-0.2, 0) is 5.33 Å². The van der Waals surface area contributed by atoms with Crippen LogP contribution in [0.15, 0.2) is 22.7 Å². The highest BCUT2D eigenvalue weighted by Gasteiger charge is 2.11. The number of alkyl halides is 1. The summed E-state index contributed by atoms with van der Waals surface area (Å²) in [7, 11) is 0. The van der Waals surface area contributed by atoms with E-state index >= 15 is 0 Å². The lowest BCUT2D eigenvalue weighted by Crippen LogP contribution is -1.88. The Bertz CT molecular complexity index is 493. The van der Waals surface area contributed by atoms with Crippen LogP contribution in [0.1, 0.15) is 22.4 Å². The molecule has 0 aliphatic carbocycles. The van der Waals surface area contributed by atoms with Crippen LogP contribution in [0, 0.1) is 20.8 Å². The molecule has 0 aliphatic heterocycles. The van der Waals surface area contributed by atoms with Crippen molar-refractivity contribution in [2.24, 2.45) is 0 Å². The third-order valence-electron chi connectivity index (χ3n) is 2.62. The summed E-state index contributed by atoms with van der Waals surface area (Å²) in [5, 5.41) is 4.72. The molecule has 0 bridgehead atoms. The lowest BCUT2D eigenvalue weighted by atomic mass is 9.98. The Labute approximate surface area is 104 Å². The van der Waals surface area contributed by atoms with Crippen LogP contribution < -0.4 is 0 Å². The molecule has 0 atom stereocenters. The Balaban J connectivity index is 2.55. The van der Waals surface area contributed by atoms with Gasteiger partial charge in [0.15, 0.2) is 5.76 Å². The summed E-state index contributed by atoms with van der Waals surface area (Å²) in [6.45, 7) is 6.31. The normalized spacial score (nSPS) is 10.8. The lowest BCUT2D eigenvalue weighted by molar-refractivity contribution is 0.426. The van der Waals surface area contributed by atoms with Gasteiger partial charge in [-0.1, -0.05) is 38.8 Å². The number of halogens is 1. The van der Waals surface area contributed by atoms with Crippen molar-refractivity contribution < 1.29 is 4.52 Å². The number of hydrogen-bond acceptors (Lipinski definition) is 2. The molecule has 0 aliphatic rings. The molecule has 1 heterocycles. The lowest BCUT2D eigenvalue weighted by Gasteiger charge is -2.07. The highest BCUT2D eigenvalue weighted by atomic mass is 79.9. The van der Waals surface area contributed by atoms with Crippen LogP contribution in [0.3, 0.4) is 0 Å². The van der Waals surface area contributed by atoms with E-state index in [0.717, 1.165) is 22.3 Å². The van der Waals surface area contributed by atoms with Crippen LogP contribution >= 0.6 is 15.9 Å². The van der Waals surface area contributed by atoms with Gasteiger partial charge in [-0.15, -0.1) is 0 Å². The van der Waals surface area contributed by atoms with Gasteiger partial charge in [0, 0.05) is 17.0 Å². The third kappa shape index (κ3) is 2.05. The van der Waals surface area contributed by atoms with E-state index in [9.17, 15) is 0 Å². The summed E-state index contributed by atoms with van der Waals surface area (Å²) in [6, 6.07) is 6.32. The van der Waals surface area contributed by atoms with Gasteiger partial charge in [-0.05, 0) is 31.9 Å². The summed E-state index contributed by atoms with van der Waals surface area (Å²) in [5.41, 5.74) is 5.82. The molecule has 1 aromatic carbocycles. The first-order chi connectivity index (χ1) is 7.61. The first-order valence-electron chi connectivity index (χ1n) is 5.21. The molecule has 16 heavy (non-hydrogen) atoms. The van der Waals surface area contributed by atoms with Gasteiger partial charge in [0.25, 0.3) is 0 Å². The Morgan fingerprint density at radius 2 is 1.75 bits per heavy atom. The standard InChI is InChI=1S/C13H14BrNO/c1-8-4-9(2)13(10(3)5-8)12-6-11(7-14)15-16-12/h4-6H,7H2,1-3H3. The van der Waals surface area contributed by atoms with Gasteiger partial charge < -0.3 is 4.52 Å². The van der Waals surface area contributed by atoms with Crippen molar-refractivity contribution in [3.8, 4) is 11.3 Å². The van der Waals surface area contributed by atoms with Crippen LogP contribution in [0.2, 0.25) is 0 Å². The maximum absolute atomic E-state index is 5.36. The highest BCUT2D eigenvalue weighted by molar-refractivity contribution is 9.08. The summed E-state index contributed by atoms with van der Waals surface area (Å²) < 4.78 is 5.36. The maximum atomic E-state index is 5.36. The Morgan fingerprint density at radius 3 is 2.25 bits per heavy atom. The molecule has 0 radical (unpaired) electrons. The predicted molar refractivity (Wildman–Crippen MR) is 68.8 cm³/mol. The van der Waals surface area contributed by atoms with Crippen molar-refractivity contribution in [3.05, 3.63) is 40.6 Å². The second-order valence-electron chi connectivity index (χ2n) is 4.09. The van der Waals surface area contributed by atoms with Gasteiger partial charge in [-0.2, -0.15) is 0 Å². The molecule has 0 fully saturated rings. The topological polar surface area (TPSA) is 26.0 Å². The SMILES string of the molecule is Cc1cc(C)c(-c2cc(CBr)no2)c(C)c1. The summed E-state index contributed by atoms with van der Waals surface area (Å²) in [6.07, 6.45) is 0. The van der Waals surface area contributed by atoms with Gasteiger partial charge >= 0.3 is 0 Å². The minimum Gasteiger partial charge on any atom is -0.356 e. The molecule has 0 N–H and O–H groups in total. The Morgan fingerprint density at radius 1 is 1.12 bits per heavy atom. The molecule has 3 heteroatoms. The number of nitrogens with zero attached hydrogens (tertiary/aromatic N) is 1. The molecule has 0 saturated heterocycles. The summed E-state index contributed by atoms with van der Waals surface area (Å²) in [5.74, 6) is 0.851. The van der Waals surface area contributed by atoms with Crippen LogP contribution in [0.25, 0.3) is 11.3 Å². The van der Waals surface area contributed by atoms with Crippen molar-refractivity contribution in [1.82, 2.24) is 5.16 Å². The fourth-order valence-corrected chi connectivity index (χ4v) is 2.33. The second kappa shape index (κ2) is 4.42. The first kappa shape index (κ1) is 11.4. The number of hydrogen-bond donors (Lipinski definition) is 0. The Hall–Kier alpha value is -1.09. The molecule has 2 aromatic rings. The van der Waals surface area contributed by atoms with E-state index in [2.05, 4.69) is 54.0 Å². The average molecular weight is 280 g/mol. The fourth-order valence-electron chi connectivity index (χ4n) is 2.06.